The van der Waals surface area contributed by atoms with E-state index in [1.165, 1.54) is 11.1 Å². The minimum atomic E-state index is -0.675. The van der Waals surface area contributed by atoms with Gasteiger partial charge >= 0.3 is 0 Å². The van der Waals surface area contributed by atoms with Gasteiger partial charge in [-0.15, -0.1) is 0 Å². The van der Waals surface area contributed by atoms with Crippen molar-refractivity contribution in [2.75, 3.05) is 6.54 Å². The van der Waals surface area contributed by atoms with Gasteiger partial charge in [-0.25, -0.2) is 0 Å². The van der Waals surface area contributed by atoms with E-state index in [-0.39, 0.29) is 11.7 Å². The fraction of sp³-hybridized carbons (Fsp3) is 0.444. The number of nitrogens with zero attached hydrogens (tertiary/aromatic N) is 1. The van der Waals surface area contributed by atoms with Crippen LogP contribution in [0.2, 0.25) is 0 Å². The monoisotopic (exact) mass is 451 g/mol. The van der Waals surface area contributed by atoms with E-state index < -0.39 is 17.6 Å². The maximum absolute atomic E-state index is 13.0. The number of carbonyl (C=O) groups is 2. The Hall–Kier alpha value is -2.53. The highest BCUT2D eigenvalue weighted by Gasteiger charge is 2.38. The number of carbonyl (C=O) groups excluding carboxylic acids is 2. The largest absolute Gasteiger partial charge is 0.464 e. The molecule has 1 heterocycles. The van der Waals surface area contributed by atoms with E-state index in [9.17, 15) is 9.59 Å². The summed E-state index contributed by atoms with van der Waals surface area (Å²) < 4.78 is 6.18. The van der Waals surface area contributed by atoms with Crippen LogP contribution in [0.5, 0.6) is 0 Å². The Morgan fingerprint density at radius 2 is 1.59 bits per heavy atom. The molecule has 0 saturated carbocycles. The zero-order valence-electron chi connectivity index (χ0n) is 19.3. The SMILES string of the molecule is CCC(C)(C)C(=O)C(=O)N1CCCCC1OC(=S)CC(c1ccccc1)c1ccccc1. The van der Waals surface area contributed by atoms with Crippen molar-refractivity contribution in [2.45, 2.75) is 65.0 Å². The van der Waals surface area contributed by atoms with E-state index in [4.69, 9.17) is 17.0 Å². The second-order valence-electron chi connectivity index (χ2n) is 9.08. The van der Waals surface area contributed by atoms with Gasteiger partial charge in [-0.3, -0.25) is 9.59 Å². The van der Waals surface area contributed by atoms with Gasteiger partial charge in [0.25, 0.3) is 5.91 Å². The maximum atomic E-state index is 13.0. The van der Waals surface area contributed by atoms with E-state index in [1.807, 2.05) is 57.2 Å². The Kier molecular flexibility index (Phi) is 8.19. The molecule has 1 amide bonds. The average Bonchev–Trinajstić information content (AvgIpc) is 2.83. The zero-order valence-corrected chi connectivity index (χ0v) is 20.1. The Bertz CT molecular complexity index is 887. The number of likely N-dealkylation sites (tertiary alicyclic amines) is 1. The van der Waals surface area contributed by atoms with E-state index in [2.05, 4.69) is 24.3 Å². The molecule has 1 fully saturated rings. The Balaban J connectivity index is 1.75. The van der Waals surface area contributed by atoms with Crippen molar-refractivity contribution >= 4 is 29.0 Å². The van der Waals surface area contributed by atoms with Crippen molar-refractivity contribution in [3.05, 3.63) is 71.8 Å². The number of rotatable bonds is 8. The molecule has 1 atom stereocenters. The summed E-state index contributed by atoms with van der Waals surface area (Å²) in [5, 5.41) is 0.467. The Labute approximate surface area is 197 Å². The van der Waals surface area contributed by atoms with Crippen LogP contribution in [0.25, 0.3) is 0 Å². The molecular weight excluding hydrogens is 418 g/mol. The van der Waals surface area contributed by atoms with Crippen molar-refractivity contribution < 1.29 is 14.3 Å². The summed E-state index contributed by atoms with van der Waals surface area (Å²) in [5.41, 5.74) is 1.66. The minimum absolute atomic E-state index is 0.0679. The van der Waals surface area contributed by atoms with Crippen LogP contribution >= 0.6 is 12.2 Å². The molecule has 1 aliphatic rings. The summed E-state index contributed by atoms with van der Waals surface area (Å²) in [6.07, 6.45) is 3.18. The average molecular weight is 452 g/mol. The Morgan fingerprint density at radius 3 is 2.12 bits per heavy atom. The molecule has 5 heteroatoms. The molecule has 3 rings (SSSR count). The summed E-state index contributed by atoms with van der Waals surface area (Å²) >= 11 is 5.67. The van der Waals surface area contributed by atoms with Gasteiger partial charge in [0.15, 0.2) is 11.3 Å². The van der Waals surface area contributed by atoms with Gasteiger partial charge in [0.1, 0.15) is 0 Å². The molecule has 0 bridgehead atoms. The summed E-state index contributed by atoms with van der Waals surface area (Å²) in [4.78, 5) is 27.4. The molecule has 32 heavy (non-hydrogen) atoms. The molecule has 0 aliphatic carbocycles. The zero-order chi connectivity index (χ0) is 23.1. The summed E-state index contributed by atoms with van der Waals surface area (Å²) in [6, 6.07) is 20.5. The van der Waals surface area contributed by atoms with Crippen LogP contribution in [0.15, 0.2) is 60.7 Å². The van der Waals surface area contributed by atoms with Crippen molar-refractivity contribution in [1.29, 1.82) is 0 Å². The smallest absolute Gasteiger partial charge is 0.293 e. The second-order valence-corrected chi connectivity index (χ2v) is 9.54. The third kappa shape index (κ3) is 5.83. The van der Waals surface area contributed by atoms with Crippen LogP contribution in [0.1, 0.15) is 69.9 Å². The van der Waals surface area contributed by atoms with Gasteiger partial charge in [0.2, 0.25) is 5.78 Å². The number of piperidine rings is 1. The fourth-order valence-electron chi connectivity index (χ4n) is 4.00. The number of ether oxygens (including phenoxy) is 1. The molecule has 0 aromatic heterocycles. The first-order valence-corrected chi connectivity index (χ1v) is 11.9. The van der Waals surface area contributed by atoms with Gasteiger partial charge in [-0.1, -0.05) is 81.4 Å². The number of benzene rings is 2. The highest BCUT2D eigenvalue weighted by atomic mass is 32.1. The van der Waals surface area contributed by atoms with E-state index >= 15 is 0 Å². The summed E-state index contributed by atoms with van der Waals surface area (Å²) in [5.74, 6) is -0.738. The van der Waals surface area contributed by atoms with Crippen molar-refractivity contribution in [3.63, 3.8) is 0 Å². The van der Waals surface area contributed by atoms with Gasteiger partial charge in [-0.05, 0) is 42.6 Å². The van der Waals surface area contributed by atoms with E-state index in [0.717, 1.165) is 12.8 Å². The van der Waals surface area contributed by atoms with Crippen LogP contribution in [0.4, 0.5) is 0 Å². The van der Waals surface area contributed by atoms with Crippen LogP contribution in [-0.2, 0) is 14.3 Å². The number of hydrogen-bond donors (Lipinski definition) is 0. The fourth-order valence-corrected chi connectivity index (χ4v) is 4.28. The lowest BCUT2D eigenvalue weighted by atomic mass is 9.84. The number of hydrogen-bond acceptors (Lipinski definition) is 4. The van der Waals surface area contributed by atoms with Crippen LogP contribution < -0.4 is 0 Å². The van der Waals surface area contributed by atoms with Crippen LogP contribution in [0, 0.1) is 5.41 Å². The number of ketones is 1. The highest BCUT2D eigenvalue weighted by Crippen LogP contribution is 2.30. The summed E-state index contributed by atoms with van der Waals surface area (Å²) in [6.45, 7) is 6.10. The molecule has 0 N–H and O–H groups in total. The Morgan fingerprint density at radius 1 is 1.03 bits per heavy atom. The normalized spacial score (nSPS) is 16.6. The highest BCUT2D eigenvalue weighted by molar-refractivity contribution is 7.80. The predicted octanol–water partition coefficient (Wildman–Crippen LogP) is 5.90. The van der Waals surface area contributed by atoms with Crippen LogP contribution in [-0.4, -0.2) is 34.4 Å². The molecule has 0 spiro atoms. The number of amides is 1. The van der Waals surface area contributed by atoms with Gasteiger partial charge in [-0.2, -0.15) is 0 Å². The maximum Gasteiger partial charge on any atom is 0.293 e. The molecule has 1 unspecified atom stereocenters. The van der Waals surface area contributed by atoms with Crippen molar-refractivity contribution in [3.8, 4) is 0 Å². The lowest BCUT2D eigenvalue weighted by molar-refractivity contribution is -0.156. The van der Waals surface area contributed by atoms with E-state index in [1.54, 1.807) is 4.90 Å². The molecule has 0 radical (unpaired) electrons. The first-order chi connectivity index (χ1) is 15.3. The van der Waals surface area contributed by atoms with Gasteiger partial charge < -0.3 is 9.64 Å². The molecule has 1 aliphatic heterocycles. The van der Waals surface area contributed by atoms with Crippen molar-refractivity contribution in [2.24, 2.45) is 5.41 Å². The molecule has 2 aromatic carbocycles. The molecule has 4 nitrogen and oxygen atoms in total. The number of Topliss-reactive ketones (excluding diaryl/α,β-unsaturated/α-hetero) is 1. The van der Waals surface area contributed by atoms with Gasteiger partial charge in [0, 0.05) is 30.7 Å². The number of thiocarbonyl (C=S) groups is 1. The second kappa shape index (κ2) is 10.9. The van der Waals surface area contributed by atoms with Crippen LogP contribution in [0.3, 0.4) is 0 Å². The minimum Gasteiger partial charge on any atom is -0.464 e. The first-order valence-electron chi connectivity index (χ1n) is 11.5. The first kappa shape index (κ1) is 24.1. The lowest BCUT2D eigenvalue weighted by Gasteiger charge is -2.37. The molecule has 170 valence electrons. The summed E-state index contributed by atoms with van der Waals surface area (Å²) in [7, 11) is 0. The van der Waals surface area contributed by atoms with E-state index in [0.29, 0.717) is 30.9 Å². The van der Waals surface area contributed by atoms with Gasteiger partial charge in [0.05, 0.1) is 0 Å². The predicted molar refractivity (Wildman–Crippen MR) is 131 cm³/mol. The molecular formula is C27H33NO3S. The third-order valence-corrected chi connectivity index (χ3v) is 6.71. The molecule has 2 aromatic rings. The lowest BCUT2D eigenvalue weighted by Crippen LogP contribution is -2.51. The molecule has 1 saturated heterocycles. The quantitative estimate of drug-likeness (QED) is 0.370. The topological polar surface area (TPSA) is 46.6 Å². The third-order valence-electron chi connectivity index (χ3n) is 6.44. The van der Waals surface area contributed by atoms with Crippen molar-refractivity contribution in [1.82, 2.24) is 4.90 Å². The standard InChI is InChI=1S/C27H33NO3S/c1-4-27(2,3)25(29)26(30)28-18-12-11-17-23(28)31-24(32)19-22(20-13-7-5-8-14-20)21-15-9-6-10-16-21/h5-10,13-16,22-23H,4,11-12,17-19H2,1-3H3.